The van der Waals surface area contributed by atoms with Crippen LogP contribution in [0.15, 0.2) is 77.3 Å². The lowest BCUT2D eigenvalue weighted by molar-refractivity contribution is -0.118. The summed E-state index contributed by atoms with van der Waals surface area (Å²) in [5.74, 6) is -1.15. The van der Waals surface area contributed by atoms with E-state index in [2.05, 4.69) is 26.6 Å². The maximum Gasteiger partial charge on any atom is 0.262 e. The van der Waals surface area contributed by atoms with Gasteiger partial charge in [-0.05, 0) is 35.9 Å². The topological polar surface area (TPSA) is 67.4 Å². The van der Waals surface area contributed by atoms with Gasteiger partial charge in [-0.3, -0.25) is 9.59 Å². The molecule has 2 amide bonds. The van der Waals surface area contributed by atoms with Crippen molar-refractivity contribution >= 4 is 33.4 Å². The van der Waals surface area contributed by atoms with Crippen LogP contribution in [0.25, 0.3) is 0 Å². The molecule has 3 aromatic rings. The lowest BCUT2D eigenvalue weighted by Crippen LogP contribution is -2.25. The van der Waals surface area contributed by atoms with Crippen LogP contribution in [0.1, 0.15) is 15.9 Å². The number of nitrogens with one attached hydrogen (secondary N) is 2. The third kappa shape index (κ3) is 5.89. The molecule has 0 fully saturated rings. The smallest absolute Gasteiger partial charge is 0.262 e. The van der Waals surface area contributed by atoms with Gasteiger partial charge in [0, 0.05) is 11.0 Å². The first-order valence-electron chi connectivity index (χ1n) is 8.82. The van der Waals surface area contributed by atoms with Crippen LogP contribution in [0.3, 0.4) is 0 Å². The molecule has 0 saturated heterocycles. The number of anilines is 1. The van der Waals surface area contributed by atoms with Crippen molar-refractivity contribution in [3.8, 4) is 5.75 Å². The van der Waals surface area contributed by atoms with Crippen LogP contribution in [0.5, 0.6) is 5.75 Å². The SMILES string of the molecule is O=C(COc1ccccc1C(=O)NCc1ccccc1)Nc1ccc(Br)cc1F. The summed E-state index contributed by atoms with van der Waals surface area (Å²) in [6.07, 6.45) is 0. The van der Waals surface area contributed by atoms with Gasteiger partial charge in [-0.15, -0.1) is 0 Å². The molecule has 0 spiro atoms. The van der Waals surface area contributed by atoms with Crippen molar-refractivity contribution in [2.24, 2.45) is 0 Å². The Labute approximate surface area is 176 Å². The zero-order chi connectivity index (χ0) is 20.6. The number of para-hydroxylation sites is 1. The minimum atomic E-state index is -0.562. The molecule has 0 atom stereocenters. The van der Waals surface area contributed by atoms with Gasteiger partial charge in [0.25, 0.3) is 11.8 Å². The summed E-state index contributed by atoms with van der Waals surface area (Å²) >= 11 is 3.16. The highest BCUT2D eigenvalue weighted by molar-refractivity contribution is 9.10. The number of hydrogen-bond acceptors (Lipinski definition) is 3. The molecule has 148 valence electrons. The average Bonchev–Trinajstić information content (AvgIpc) is 2.73. The van der Waals surface area contributed by atoms with E-state index in [-0.39, 0.29) is 24.0 Å². The zero-order valence-corrected chi connectivity index (χ0v) is 16.9. The van der Waals surface area contributed by atoms with Gasteiger partial charge >= 0.3 is 0 Å². The zero-order valence-electron chi connectivity index (χ0n) is 15.3. The highest BCUT2D eigenvalue weighted by Crippen LogP contribution is 2.20. The second kappa shape index (κ2) is 9.84. The van der Waals surface area contributed by atoms with Crippen LogP contribution in [0.2, 0.25) is 0 Å². The summed E-state index contributed by atoms with van der Waals surface area (Å²) in [7, 11) is 0. The molecule has 0 aromatic heterocycles. The Bertz CT molecular complexity index is 1010. The van der Waals surface area contributed by atoms with Gasteiger partial charge in [0.2, 0.25) is 0 Å². The van der Waals surface area contributed by atoms with E-state index in [4.69, 9.17) is 4.74 Å². The van der Waals surface area contributed by atoms with Crippen molar-refractivity contribution in [3.05, 3.63) is 94.2 Å². The highest BCUT2D eigenvalue weighted by Gasteiger charge is 2.14. The maximum atomic E-state index is 13.8. The Morgan fingerprint density at radius 1 is 0.966 bits per heavy atom. The van der Waals surface area contributed by atoms with Crippen LogP contribution < -0.4 is 15.4 Å². The third-order valence-electron chi connectivity index (χ3n) is 3.99. The lowest BCUT2D eigenvalue weighted by Gasteiger charge is -2.12. The molecular weight excluding hydrogens is 439 g/mol. The molecule has 0 aliphatic rings. The van der Waals surface area contributed by atoms with Crippen molar-refractivity contribution in [1.82, 2.24) is 5.32 Å². The number of rotatable bonds is 7. The second-order valence-corrected chi connectivity index (χ2v) is 7.04. The molecular formula is C22H18BrFN2O3. The van der Waals surface area contributed by atoms with E-state index in [9.17, 15) is 14.0 Å². The summed E-state index contributed by atoms with van der Waals surface area (Å²) in [6, 6.07) is 20.5. The molecule has 0 radical (unpaired) electrons. The normalized spacial score (nSPS) is 10.3. The van der Waals surface area contributed by atoms with Gasteiger partial charge in [0.05, 0.1) is 11.3 Å². The Kier molecular flexibility index (Phi) is 6.97. The van der Waals surface area contributed by atoms with E-state index in [0.717, 1.165) is 5.56 Å². The van der Waals surface area contributed by atoms with E-state index in [0.29, 0.717) is 16.6 Å². The molecule has 0 unspecified atom stereocenters. The number of hydrogen-bond donors (Lipinski definition) is 2. The van der Waals surface area contributed by atoms with Crippen LogP contribution in [0.4, 0.5) is 10.1 Å². The quantitative estimate of drug-likeness (QED) is 0.548. The summed E-state index contributed by atoms with van der Waals surface area (Å²) in [5, 5.41) is 5.27. The molecule has 7 heteroatoms. The fraction of sp³-hybridized carbons (Fsp3) is 0.0909. The Morgan fingerprint density at radius 3 is 2.45 bits per heavy atom. The van der Waals surface area contributed by atoms with Gasteiger partial charge < -0.3 is 15.4 Å². The number of amides is 2. The van der Waals surface area contributed by atoms with Crippen LogP contribution >= 0.6 is 15.9 Å². The summed E-state index contributed by atoms with van der Waals surface area (Å²) in [4.78, 5) is 24.6. The van der Waals surface area contributed by atoms with Crippen molar-refractivity contribution in [2.75, 3.05) is 11.9 Å². The molecule has 0 heterocycles. The monoisotopic (exact) mass is 456 g/mol. The summed E-state index contributed by atoms with van der Waals surface area (Å²) in [6.45, 7) is 0.00974. The number of carbonyl (C=O) groups excluding carboxylic acids is 2. The third-order valence-corrected chi connectivity index (χ3v) is 4.48. The molecule has 0 aliphatic carbocycles. The van der Waals surface area contributed by atoms with E-state index in [1.807, 2.05) is 30.3 Å². The fourth-order valence-electron chi connectivity index (χ4n) is 2.57. The Balaban J connectivity index is 1.59. The Morgan fingerprint density at radius 2 is 1.69 bits per heavy atom. The van der Waals surface area contributed by atoms with Crippen molar-refractivity contribution in [3.63, 3.8) is 0 Å². The molecule has 3 rings (SSSR count). The van der Waals surface area contributed by atoms with Crippen molar-refractivity contribution in [1.29, 1.82) is 0 Å². The molecule has 29 heavy (non-hydrogen) atoms. The predicted molar refractivity (Wildman–Crippen MR) is 112 cm³/mol. The largest absolute Gasteiger partial charge is 0.483 e. The average molecular weight is 457 g/mol. The van der Waals surface area contributed by atoms with Crippen LogP contribution in [-0.4, -0.2) is 18.4 Å². The lowest BCUT2D eigenvalue weighted by atomic mass is 10.1. The van der Waals surface area contributed by atoms with Gasteiger partial charge in [-0.2, -0.15) is 0 Å². The minimum Gasteiger partial charge on any atom is -0.483 e. The van der Waals surface area contributed by atoms with Crippen LogP contribution in [0, 0.1) is 5.82 Å². The fourth-order valence-corrected chi connectivity index (χ4v) is 2.91. The first kappa shape index (κ1) is 20.5. The first-order valence-corrected chi connectivity index (χ1v) is 9.61. The molecule has 3 aromatic carbocycles. The molecule has 5 nitrogen and oxygen atoms in total. The maximum absolute atomic E-state index is 13.8. The van der Waals surface area contributed by atoms with E-state index in [1.165, 1.54) is 12.1 Å². The number of benzene rings is 3. The van der Waals surface area contributed by atoms with Crippen molar-refractivity contribution < 1.29 is 18.7 Å². The standard InChI is InChI=1S/C22H18BrFN2O3/c23-16-10-11-19(18(24)12-16)26-21(27)14-29-20-9-5-4-8-17(20)22(28)25-13-15-6-2-1-3-7-15/h1-12H,13-14H2,(H,25,28)(H,26,27). The van der Waals surface area contributed by atoms with E-state index < -0.39 is 11.7 Å². The van der Waals surface area contributed by atoms with Gasteiger partial charge in [-0.25, -0.2) is 4.39 Å². The summed E-state index contributed by atoms with van der Waals surface area (Å²) < 4.78 is 19.9. The van der Waals surface area contributed by atoms with Crippen molar-refractivity contribution in [2.45, 2.75) is 6.54 Å². The molecule has 2 N–H and O–H groups in total. The van der Waals surface area contributed by atoms with E-state index in [1.54, 1.807) is 30.3 Å². The highest BCUT2D eigenvalue weighted by atomic mass is 79.9. The van der Waals surface area contributed by atoms with Gasteiger partial charge in [-0.1, -0.05) is 58.4 Å². The second-order valence-electron chi connectivity index (χ2n) is 6.13. The molecule has 0 aliphatic heterocycles. The number of halogens is 2. The number of ether oxygens (including phenoxy) is 1. The van der Waals surface area contributed by atoms with E-state index >= 15 is 0 Å². The Hall–Kier alpha value is -3.19. The summed E-state index contributed by atoms with van der Waals surface area (Å²) in [5.41, 5.74) is 1.33. The molecule has 0 bridgehead atoms. The number of carbonyl (C=O) groups is 2. The van der Waals surface area contributed by atoms with Gasteiger partial charge in [0.1, 0.15) is 11.6 Å². The predicted octanol–water partition coefficient (Wildman–Crippen LogP) is 4.54. The van der Waals surface area contributed by atoms with Crippen LogP contribution in [-0.2, 0) is 11.3 Å². The molecule has 0 saturated carbocycles. The first-order chi connectivity index (χ1) is 14.0. The minimum absolute atomic E-state index is 0.0516. The van der Waals surface area contributed by atoms with Gasteiger partial charge in [0.15, 0.2) is 6.61 Å².